The number of ether oxygens (including phenoxy) is 2. The van der Waals surface area contributed by atoms with Crippen molar-refractivity contribution in [2.45, 2.75) is 26.7 Å². The van der Waals surface area contributed by atoms with Crippen LogP contribution in [0.2, 0.25) is 0 Å². The number of carbonyl (C=O) groups is 2. The molecule has 0 atom stereocenters. The molecule has 0 unspecified atom stereocenters. The Morgan fingerprint density at radius 3 is 2.84 bits per heavy atom. The highest BCUT2D eigenvalue weighted by Crippen LogP contribution is 2.31. The van der Waals surface area contributed by atoms with Crippen molar-refractivity contribution in [2.75, 3.05) is 11.9 Å². The lowest BCUT2D eigenvalue weighted by atomic mass is 10.0. The zero-order valence-electron chi connectivity index (χ0n) is 11.1. The quantitative estimate of drug-likeness (QED) is 0.669. The topological polar surface area (TPSA) is 64.6 Å². The van der Waals surface area contributed by atoms with Gasteiger partial charge in [0.25, 0.3) is 5.91 Å². The van der Waals surface area contributed by atoms with Crippen molar-refractivity contribution in [3.8, 4) is 11.5 Å². The Bertz CT molecular complexity index is 494. The lowest BCUT2D eigenvalue weighted by molar-refractivity contribution is -0.139. The van der Waals surface area contributed by atoms with Crippen molar-refractivity contribution in [2.24, 2.45) is 5.92 Å². The molecule has 0 aromatic heterocycles. The number of carbonyl (C=O) groups excluding carboxylic acids is 2. The van der Waals surface area contributed by atoms with Crippen molar-refractivity contribution in [3.05, 3.63) is 18.2 Å². The lowest BCUT2D eigenvalue weighted by Crippen LogP contribution is -2.25. The van der Waals surface area contributed by atoms with Gasteiger partial charge >= 0.3 is 5.97 Å². The third kappa shape index (κ3) is 3.05. The molecule has 102 valence electrons. The van der Waals surface area contributed by atoms with Gasteiger partial charge < -0.3 is 14.8 Å². The van der Waals surface area contributed by atoms with Gasteiger partial charge in [-0.2, -0.15) is 0 Å². The third-order valence-electron chi connectivity index (χ3n) is 3.12. The summed E-state index contributed by atoms with van der Waals surface area (Å²) >= 11 is 0. The van der Waals surface area contributed by atoms with E-state index in [2.05, 4.69) is 5.32 Å². The van der Waals surface area contributed by atoms with Gasteiger partial charge in [0.15, 0.2) is 6.61 Å². The second kappa shape index (κ2) is 5.73. The molecule has 0 saturated heterocycles. The number of benzene rings is 1. The Morgan fingerprint density at radius 2 is 2.16 bits per heavy atom. The Morgan fingerprint density at radius 1 is 1.42 bits per heavy atom. The third-order valence-corrected chi connectivity index (χ3v) is 3.12. The molecule has 0 fully saturated rings. The highest BCUT2D eigenvalue weighted by Gasteiger charge is 2.19. The monoisotopic (exact) mass is 263 g/mol. The predicted molar refractivity (Wildman–Crippen MR) is 70.3 cm³/mol. The lowest BCUT2D eigenvalue weighted by Gasteiger charge is -2.19. The molecule has 5 nitrogen and oxygen atoms in total. The number of amides is 1. The molecule has 0 radical (unpaired) electrons. The van der Waals surface area contributed by atoms with Crippen molar-refractivity contribution in [1.82, 2.24) is 0 Å². The van der Waals surface area contributed by atoms with Gasteiger partial charge in [-0.25, -0.2) is 0 Å². The number of nitrogens with one attached hydrogen (secondary N) is 1. The van der Waals surface area contributed by atoms with Crippen LogP contribution < -0.4 is 14.8 Å². The highest BCUT2D eigenvalue weighted by molar-refractivity contribution is 5.95. The van der Waals surface area contributed by atoms with Crippen molar-refractivity contribution in [1.29, 1.82) is 0 Å². The Hall–Kier alpha value is -2.04. The molecular formula is C14H17NO4. The summed E-state index contributed by atoms with van der Waals surface area (Å²) in [6.45, 7) is 3.92. The zero-order chi connectivity index (χ0) is 13.8. The minimum atomic E-state index is -0.243. The number of hydrogen-bond acceptors (Lipinski definition) is 4. The average molecular weight is 263 g/mol. The van der Waals surface area contributed by atoms with E-state index in [0.29, 0.717) is 17.2 Å². The summed E-state index contributed by atoms with van der Waals surface area (Å²) in [6, 6.07) is 4.95. The van der Waals surface area contributed by atoms with Gasteiger partial charge in [0, 0.05) is 6.07 Å². The van der Waals surface area contributed by atoms with Gasteiger partial charge in [0.05, 0.1) is 11.6 Å². The van der Waals surface area contributed by atoms with Crippen LogP contribution in [0.3, 0.4) is 0 Å². The molecular weight excluding hydrogens is 246 g/mol. The van der Waals surface area contributed by atoms with Crippen molar-refractivity contribution >= 4 is 17.6 Å². The first-order valence-electron chi connectivity index (χ1n) is 6.42. The Balaban J connectivity index is 2.12. The maximum Gasteiger partial charge on any atom is 0.314 e. The first kappa shape index (κ1) is 13.4. The van der Waals surface area contributed by atoms with Gasteiger partial charge in [-0.05, 0) is 25.0 Å². The maximum atomic E-state index is 11.9. The molecule has 1 aliphatic heterocycles. The van der Waals surface area contributed by atoms with Crippen molar-refractivity contribution < 1.29 is 19.1 Å². The summed E-state index contributed by atoms with van der Waals surface area (Å²) in [5.74, 6) is 0.453. The van der Waals surface area contributed by atoms with Crippen LogP contribution in [0.5, 0.6) is 11.5 Å². The van der Waals surface area contributed by atoms with Crippen LogP contribution in [-0.2, 0) is 9.59 Å². The van der Waals surface area contributed by atoms with E-state index in [1.165, 1.54) is 0 Å². The number of fused-ring (bicyclic) bond motifs is 1. The first-order chi connectivity index (χ1) is 9.13. The highest BCUT2D eigenvalue weighted by atomic mass is 16.5. The van der Waals surface area contributed by atoms with Crippen LogP contribution in [0.1, 0.15) is 26.7 Å². The van der Waals surface area contributed by atoms with Crippen LogP contribution in [0.15, 0.2) is 18.2 Å². The normalized spacial score (nSPS) is 13.5. The average Bonchev–Trinajstić information content (AvgIpc) is 2.39. The smallest absolute Gasteiger partial charge is 0.314 e. The molecule has 2 rings (SSSR count). The van der Waals surface area contributed by atoms with Crippen LogP contribution in [0.4, 0.5) is 5.69 Å². The summed E-state index contributed by atoms with van der Waals surface area (Å²) in [7, 11) is 0. The molecule has 0 aliphatic carbocycles. The van der Waals surface area contributed by atoms with E-state index >= 15 is 0 Å². The van der Waals surface area contributed by atoms with E-state index in [1.807, 2.05) is 13.8 Å². The molecule has 1 heterocycles. The summed E-state index contributed by atoms with van der Waals surface area (Å²) in [6.07, 6.45) is 1.50. The predicted octanol–water partition coefficient (Wildman–Crippen LogP) is 2.36. The summed E-state index contributed by atoms with van der Waals surface area (Å²) in [4.78, 5) is 23.1. The fraction of sp³-hybridized carbons (Fsp3) is 0.429. The zero-order valence-corrected chi connectivity index (χ0v) is 11.1. The fourth-order valence-electron chi connectivity index (χ4n) is 1.95. The van der Waals surface area contributed by atoms with Gasteiger partial charge in [-0.1, -0.05) is 13.8 Å². The van der Waals surface area contributed by atoms with Gasteiger partial charge in [-0.15, -0.1) is 0 Å². The number of esters is 1. The van der Waals surface area contributed by atoms with E-state index in [0.717, 1.165) is 12.8 Å². The molecule has 1 aromatic carbocycles. The minimum absolute atomic E-state index is 0.0138. The van der Waals surface area contributed by atoms with Crippen LogP contribution in [0.25, 0.3) is 0 Å². The number of rotatable bonds is 4. The molecule has 5 heteroatoms. The largest absolute Gasteiger partial charge is 0.482 e. The van der Waals surface area contributed by atoms with E-state index in [4.69, 9.17) is 9.47 Å². The Labute approximate surface area is 111 Å². The molecule has 1 amide bonds. The van der Waals surface area contributed by atoms with E-state index < -0.39 is 0 Å². The molecule has 1 aliphatic rings. The SMILES string of the molecule is CCC(CC)C(=O)Oc1ccc2c(c1)NC(=O)CO2. The molecule has 0 saturated carbocycles. The Kier molecular flexibility index (Phi) is 4.04. The summed E-state index contributed by atoms with van der Waals surface area (Å²) in [5.41, 5.74) is 0.533. The van der Waals surface area contributed by atoms with Crippen LogP contribution in [-0.4, -0.2) is 18.5 Å². The van der Waals surface area contributed by atoms with Gasteiger partial charge in [0.2, 0.25) is 0 Å². The second-order valence-electron chi connectivity index (χ2n) is 4.43. The standard InChI is InChI=1S/C14H17NO4/c1-3-9(4-2)14(17)19-10-5-6-12-11(7-10)15-13(16)8-18-12/h5-7,9H,3-4,8H2,1-2H3,(H,15,16). The molecule has 0 bridgehead atoms. The van der Waals surface area contributed by atoms with E-state index in [9.17, 15) is 9.59 Å². The molecule has 1 aromatic rings. The molecule has 1 N–H and O–H groups in total. The number of anilines is 1. The number of hydrogen-bond donors (Lipinski definition) is 1. The van der Waals surface area contributed by atoms with E-state index in [1.54, 1.807) is 18.2 Å². The van der Waals surface area contributed by atoms with Crippen LogP contribution >= 0.6 is 0 Å². The molecule has 0 spiro atoms. The fourth-order valence-corrected chi connectivity index (χ4v) is 1.95. The first-order valence-corrected chi connectivity index (χ1v) is 6.42. The summed E-state index contributed by atoms with van der Waals surface area (Å²) < 4.78 is 10.5. The second-order valence-corrected chi connectivity index (χ2v) is 4.43. The van der Waals surface area contributed by atoms with Gasteiger partial charge in [0.1, 0.15) is 11.5 Å². The van der Waals surface area contributed by atoms with Crippen molar-refractivity contribution in [3.63, 3.8) is 0 Å². The van der Waals surface area contributed by atoms with E-state index in [-0.39, 0.29) is 24.4 Å². The maximum absolute atomic E-state index is 11.9. The van der Waals surface area contributed by atoms with Crippen LogP contribution in [0, 0.1) is 5.92 Å². The minimum Gasteiger partial charge on any atom is -0.482 e. The summed E-state index contributed by atoms with van der Waals surface area (Å²) in [5, 5.41) is 2.68. The van der Waals surface area contributed by atoms with Gasteiger partial charge in [-0.3, -0.25) is 9.59 Å². The molecule has 19 heavy (non-hydrogen) atoms.